The molecule has 0 bridgehead atoms. The van der Waals surface area contributed by atoms with Crippen LogP contribution in [0.1, 0.15) is 258 Å². The molecular formula is C50H95NO5. The number of aliphatic hydroxyl groups excluding tert-OH is 2. The summed E-state index contributed by atoms with van der Waals surface area (Å²) in [7, 11) is 0. The number of aliphatic hydroxyl groups is 2. The SMILES string of the molecule is CCCCCC/C=C\CCCCCCCC(=O)OCCCCCCCC/C=C\CCCCCCCCCC(=O)NC(CO)C(O)CCCCCCCCCCC. The number of hydrogen-bond donors (Lipinski definition) is 3. The van der Waals surface area contributed by atoms with E-state index in [1.807, 2.05) is 0 Å². The Labute approximate surface area is 348 Å². The molecule has 0 radical (unpaired) electrons. The normalized spacial score (nSPS) is 12.9. The summed E-state index contributed by atoms with van der Waals surface area (Å²) in [6.07, 6.45) is 52.9. The second-order valence-corrected chi connectivity index (χ2v) is 16.8. The highest BCUT2D eigenvalue weighted by Gasteiger charge is 2.20. The molecule has 2 unspecified atom stereocenters. The zero-order valence-corrected chi connectivity index (χ0v) is 37.4. The van der Waals surface area contributed by atoms with Gasteiger partial charge in [-0.1, -0.05) is 192 Å². The summed E-state index contributed by atoms with van der Waals surface area (Å²) in [4.78, 5) is 24.4. The fourth-order valence-corrected chi connectivity index (χ4v) is 7.39. The minimum Gasteiger partial charge on any atom is -0.466 e. The monoisotopic (exact) mass is 790 g/mol. The van der Waals surface area contributed by atoms with Crippen LogP contribution in [-0.2, 0) is 14.3 Å². The van der Waals surface area contributed by atoms with E-state index in [0.29, 0.717) is 25.9 Å². The first kappa shape index (κ1) is 54.3. The van der Waals surface area contributed by atoms with Crippen LogP contribution >= 0.6 is 0 Å². The first-order valence-corrected chi connectivity index (χ1v) is 24.6. The summed E-state index contributed by atoms with van der Waals surface area (Å²) in [6, 6.07) is -0.548. The van der Waals surface area contributed by atoms with Crippen molar-refractivity contribution >= 4 is 11.9 Å². The number of carbonyl (C=O) groups is 2. The smallest absolute Gasteiger partial charge is 0.305 e. The molecule has 0 heterocycles. The largest absolute Gasteiger partial charge is 0.466 e. The standard InChI is InChI=1S/C50H95NO5/c1-3-5-7-9-11-13-14-20-24-28-32-36-40-44-50(55)56-45-41-37-33-29-25-22-19-17-15-16-18-21-23-27-31-35-39-43-49(54)51-47(46-52)48(53)42-38-34-30-26-12-10-8-6-4-2/h13-15,17,47-48,52-53H,3-12,16,18-46H2,1-2H3,(H,51,54)/b14-13-,17-15-. The van der Waals surface area contributed by atoms with Gasteiger partial charge in [-0.2, -0.15) is 0 Å². The molecular weight excluding hydrogens is 695 g/mol. The number of unbranched alkanes of at least 4 members (excludes halogenated alkanes) is 30. The van der Waals surface area contributed by atoms with Crippen molar-refractivity contribution in [3.63, 3.8) is 0 Å². The van der Waals surface area contributed by atoms with Crippen molar-refractivity contribution in [2.75, 3.05) is 13.2 Å². The van der Waals surface area contributed by atoms with Crippen LogP contribution in [0.3, 0.4) is 0 Å². The zero-order valence-electron chi connectivity index (χ0n) is 37.4. The minimum absolute atomic E-state index is 0.0118. The van der Waals surface area contributed by atoms with Gasteiger partial charge in [0.15, 0.2) is 0 Å². The quantitative estimate of drug-likeness (QED) is 0.0324. The van der Waals surface area contributed by atoms with Gasteiger partial charge in [-0.3, -0.25) is 9.59 Å². The van der Waals surface area contributed by atoms with Crippen molar-refractivity contribution in [3.8, 4) is 0 Å². The molecule has 3 N–H and O–H groups in total. The fourth-order valence-electron chi connectivity index (χ4n) is 7.39. The van der Waals surface area contributed by atoms with Gasteiger partial charge in [0.25, 0.3) is 0 Å². The maximum absolute atomic E-state index is 12.4. The van der Waals surface area contributed by atoms with Gasteiger partial charge in [0.05, 0.1) is 25.4 Å². The molecule has 1 amide bonds. The van der Waals surface area contributed by atoms with Gasteiger partial charge in [-0.25, -0.2) is 0 Å². The average Bonchev–Trinajstić information content (AvgIpc) is 3.20. The van der Waals surface area contributed by atoms with E-state index in [0.717, 1.165) is 57.8 Å². The van der Waals surface area contributed by atoms with Gasteiger partial charge in [-0.05, 0) is 77.0 Å². The van der Waals surface area contributed by atoms with Crippen molar-refractivity contribution in [1.29, 1.82) is 0 Å². The molecule has 0 fully saturated rings. The van der Waals surface area contributed by atoms with Crippen LogP contribution < -0.4 is 5.32 Å². The molecule has 2 atom stereocenters. The first-order valence-electron chi connectivity index (χ1n) is 24.6. The molecule has 6 nitrogen and oxygen atoms in total. The Morgan fingerprint density at radius 2 is 0.839 bits per heavy atom. The molecule has 0 aliphatic heterocycles. The van der Waals surface area contributed by atoms with E-state index in [2.05, 4.69) is 43.5 Å². The van der Waals surface area contributed by atoms with Crippen LogP contribution in [0.2, 0.25) is 0 Å². The molecule has 0 aliphatic carbocycles. The van der Waals surface area contributed by atoms with E-state index in [1.54, 1.807) is 0 Å². The van der Waals surface area contributed by atoms with Gasteiger partial charge >= 0.3 is 5.97 Å². The molecule has 0 aromatic rings. The number of hydrogen-bond acceptors (Lipinski definition) is 5. The minimum atomic E-state index is -0.669. The molecule has 0 aromatic heterocycles. The third-order valence-electron chi connectivity index (χ3n) is 11.2. The van der Waals surface area contributed by atoms with Gasteiger partial charge in [0.1, 0.15) is 0 Å². The number of allylic oxidation sites excluding steroid dienone is 4. The van der Waals surface area contributed by atoms with Crippen LogP contribution in [0, 0.1) is 0 Å². The van der Waals surface area contributed by atoms with E-state index in [4.69, 9.17) is 4.74 Å². The highest BCUT2D eigenvalue weighted by Crippen LogP contribution is 2.15. The van der Waals surface area contributed by atoms with E-state index in [1.165, 1.54) is 167 Å². The third kappa shape index (κ3) is 42.0. The predicted molar refractivity (Wildman–Crippen MR) is 241 cm³/mol. The van der Waals surface area contributed by atoms with Crippen molar-refractivity contribution in [3.05, 3.63) is 24.3 Å². The second-order valence-electron chi connectivity index (χ2n) is 16.8. The summed E-state index contributed by atoms with van der Waals surface area (Å²) < 4.78 is 5.44. The molecule has 0 aromatic carbocycles. The Morgan fingerprint density at radius 1 is 0.482 bits per heavy atom. The molecule has 0 aliphatic rings. The van der Waals surface area contributed by atoms with Crippen LogP contribution in [0.5, 0.6) is 0 Å². The number of amides is 1. The Balaban J connectivity index is 3.45. The average molecular weight is 790 g/mol. The molecule has 6 heteroatoms. The number of rotatable bonds is 45. The van der Waals surface area contributed by atoms with Crippen LogP contribution in [0.4, 0.5) is 0 Å². The van der Waals surface area contributed by atoms with Crippen molar-refractivity contribution in [2.24, 2.45) is 0 Å². The lowest BCUT2D eigenvalue weighted by atomic mass is 10.0. The van der Waals surface area contributed by atoms with Gasteiger partial charge in [-0.15, -0.1) is 0 Å². The molecule has 0 spiro atoms. The molecule has 330 valence electrons. The van der Waals surface area contributed by atoms with Gasteiger partial charge < -0.3 is 20.3 Å². The van der Waals surface area contributed by atoms with E-state index in [-0.39, 0.29) is 18.5 Å². The first-order chi connectivity index (χ1) is 27.5. The lowest BCUT2D eigenvalue weighted by Gasteiger charge is -2.22. The third-order valence-corrected chi connectivity index (χ3v) is 11.2. The van der Waals surface area contributed by atoms with E-state index < -0.39 is 12.1 Å². The number of nitrogens with one attached hydrogen (secondary N) is 1. The molecule has 56 heavy (non-hydrogen) atoms. The van der Waals surface area contributed by atoms with Gasteiger partial charge in [0.2, 0.25) is 5.91 Å². The maximum atomic E-state index is 12.4. The zero-order chi connectivity index (χ0) is 40.8. The summed E-state index contributed by atoms with van der Waals surface area (Å²) in [5.41, 5.74) is 0. The van der Waals surface area contributed by atoms with E-state index >= 15 is 0 Å². The van der Waals surface area contributed by atoms with Crippen LogP contribution in [0.15, 0.2) is 24.3 Å². The van der Waals surface area contributed by atoms with Crippen LogP contribution in [-0.4, -0.2) is 47.4 Å². The topological polar surface area (TPSA) is 95.9 Å². The van der Waals surface area contributed by atoms with Crippen molar-refractivity contribution in [1.82, 2.24) is 5.32 Å². The molecule has 0 saturated heterocycles. The predicted octanol–water partition coefficient (Wildman–Crippen LogP) is 14.3. The van der Waals surface area contributed by atoms with Crippen molar-refractivity contribution in [2.45, 2.75) is 270 Å². The van der Waals surface area contributed by atoms with Crippen LogP contribution in [0.25, 0.3) is 0 Å². The van der Waals surface area contributed by atoms with Crippen molar-refractivity contribution < 1.29 is 24.5 Å². The Kier molecular flexibility index (Phi) is 44.7. The second kappa shape index (κ2) is 46.0. The van der Waals surface area contributed by atoms with Gasteiger partial charge in [0, 0.05) is 12.8 Å². The Bertz CT molecular complexity index is 874. The fraction of sp³-hybridized carbons (Fsp3) is 0.880. The van der Waals surface area contributed by atoms with E-state index in [9.17, 15) is 19.8 Å². The maximum Gasteiger partial charge on any atom is 0.305 e. The number of carbonyl (C=O) groups excluding carboxylic acids is 2. The Hall–Kier alpha value is -1.66. The lowest BCUT2D eigenvalue weighted by Crippen LogP contribution is -2.45. The highest BCUT2D eigenvalue weighted by molar-refractivity contribution is 5.76. The summed E-state index contributed by atoms with van der Waals surface area (Å²) in [5, 5.41) is 23.0. The molecule has 0 saturated carbocycles. The highest BCUT2D eigenvalue weighted by atomic mass is 16.5. The summed E-state index contributed by atoms with van der Waals surface area (Å²) in [5.74, 6) is -0.0622. The number of ether oxygens (including phenoxy) is 1. The molecule has 0 rings (SSSR count). The number of esters is 1. The Morgan fingerprint density at radius 3 is 1.29 bits per heavy atom. The summed E-state index contributed by atoms with van der Waals surface area (Å²) >= 11 is 0. The summed E-state index contributed by atoms with van der Waals surface area (Å²) in [6.45, 7) is 4.88. The lowest BCUT2D eigenvalue weighted by molar-refractivity contribution is -0.143.